The van der Waals surface area contributed by atoms with Crippen molar-refractivity contribution in [2.24, 2.45) is 0 Å². The van der Waals surface area contributed by atoms with Gasteiger partial charge < -0.3 is 9.47 Å². The van der Waals surface area contributed by atoms with Gasteiger partial charge in [-0.15, -0.1) is 11.6 Å². The van der Waals surface area contributed by atoms with Crippen molar-refractivity contribution in [2.45, 2.75) is 38.9 Å². The molecule has 1 aliphatic rings. The van der Waals surface area contributed by atoms with Crippen molar-refractivity contribution in [1.29, 1.82) is 0 Å². The Kier molecular flexibility index (Phi) is 5.13. The van der Waals surface area contributed by atoms with Gasteiger partial charge in [-0.3, -0.25) is 0 Å². The second-order valence-electron chi connectivity index (χ2n) is 4.87. The number of ether oxygens (including phenoxy) is 2. The predicted octanol–water partition coefficient (Wildman–Crippen LogP) is 3.53. The summed E-state index contributed by atoms with van der Waals surface area (Å²) < 4.78 is 11.5. The number of hydrogen-bond acceptors (Lipinski definition) is 2. The highest BCUT2D eigenvalue weighted by Gasteiger charge is 2.22. The first kappa shape index (κ1) is 14.2. The van der Waals surface area contributed by atoms with Crippen molar-refractivity contribution in [3.05, 3.63) is 29.3 Å². The van der Waals surface area contributed by atoms with Crippen molar-refractivity contribution >= 4 is 11.6 Å². The number of alkyl halides is 1. The molecule has 2 rings (SSSR count). The highest BCUT2D eigenvalue weighted by molar-refractivity contribution is 6.19. The summed E-state index contributed by atoms with van der Waals surface area (Å²) in [6.45, 7) is 4.75. The summed E-state index contributed by atoms with van der Waals surface area (Å²) in [7, 11) is 0. The molecule has 0 N–H and O–H groups in total. The molecule has 102 valence electrons. The molecule has 2 nitrogen and oxygen atoms in total. The van der Waals surface area contributed by atoms with Crippen LogP contribution in [0.4, 0.5) is 0 Å². The maximum Gasteiger partial charge on any atom is 0.119 e. The van der Waals surface area contributed by atoms with Gasteiger partial charge in [0.2, 0.25) is 0 Å². The Morgan fingerprint density at radius 3 is 2.89 bits per heavy atom. The van der Waals surface area contributed by atoms with Crippen molar-refractivity contribution in [3.8, 4) is 17.6 Å². The van der Waals surface area contributed by atoms with Crippen LogP contribution in [0.1, 0.15) is 30.9 Å². The van der Waals surface area contributed by atoms with Crippen LogP contribution in [-0.4, -0.2) is 24.7 Å². The molecule has 1 heterocycles. The maximum atomic E-state index is 5.78. The number of halogens is 1. The van der Waals surface area contributed by atoms with Gasteiger partial charge >= 0.3 is 0 Å². The lowest BCUT2D eigenvalue weighted by molar-refractivity contribution is 0.0264. The van der Waals surface area contributed by atoms with Gasteiger partial charge in [-0.2, -0.15) is 0 Å². The Morgan fingerprint density at radius 2 is 2.26 bits per heavy atom. The van der Waals surface area contributed by atoms with E-state index in [1.165, 1.54) is 0 Å². The van der Waals surface area contributed by atoms with Gasteiger partial charge in [-0.05, 0) is 50.5 Å². The van der Waals surface area contributed by atoms with Gasteiger partial charge in [0.1, 0.15) is 12.4 Å². The summed E-state index contributed by atoms with van der Waals surface area (Å²) in [5.74, 6) is 7.12. The van der Waals surface area contributed by atoms with E-state index < -0.39 is 0 Å². The molecule has 1 aromatic rings. The van der Waals surface area contributed by atoms with Crippen molar-refractivity contribution in [3.63, 3.8) is 0 Å². The molecule has 3 heteroatoms. The zero-order chi connectivity index (χ0) is 13.7. The fraction of sp³-hybridized carbons (Fsp3) is 0.500. The topological polar surface area (TPSA) is 18.5 Å². The molecule has 0 amide bonds. The Morgan fingerprint density at radius 1 is 1.42 bits per heavy atom. The number of hydrogen-bond donors (Lipinski definition) is 0. The van der Waals surface area contributed by atoms with E-state index >= 15 is 0 Å². The van der Waals surface area contributed by atoms with Crippen molar-refractivity contribution in [1.82, 2.24) is 0 Å². The fourth-order valence-corrected chi connectivity index (χ4v) is 2.26. The molecule has 0 aliphatic carbocycles. The van der Waals surface area contributed by atoms with Gasteiger partial charge in [-0.25, -0.2) is 0 Å². The van der Waals surface area contributed by atoms with Gasteiger partial charge in [0.25, 0.3) is 0 Å². The zero-order valence-corrected chi connectivity index (χ0v) is 12.2. The van der Waals surface area contributed by atoms with Gasteiger partial charge in [0, 0.05) is 5.56 Å². The molecule has 19 heavy (non-hydrogen) atoms. The molecule has 2 unspecified atom stereocenters. The molecule has 0 saturated carbocycles. The maximum absolute atomic E-state index is 5.78. The number of aryl methyl sites for hydroxylation is 1. The van der Waals surface area contributed by atoms with E-state index in [2.05, 4.69) is 18.8 Å². The Bertz CT molecular complexity index is 487. The van der Waals surface area contributed by atoms with E-state index in [1.807, 2.05) is 25.1 Å². The van der Waals surface area contributed by atoms with E-state index in [-0.39, 0.29) is 6.10 Å². The summed E-state index contributed by atoms with van der Waals surface area (Å²) in [6.07, 6.45) is 2.80. The first-order valence-electron chi connectivity index (χ1n) is 6.63. The lowest BCUT2D eigenvalue weighted by Crippen LogP contribution is -2.17. The third-order valence-electron chi connectivity index (χ3n) is 3.24. The predicted molar refractivity (Wildman–Crippen MR) is 77.8 cm³/mol. The second-order valence-corrected chi connectivity index (χ2v) is 5.14. The quantitative estimate of drug-likeness (QED) is 0.622. The van der Waals surface area contributed by atoms with E-state index in [0.717, 1.165) is 29.7 Å². The van der Waals surface area contributed by atoms with Crippen LogP contribution < -0.4 is 4.74 Å². The van der Waals surface area contributed by atoms with Crippen molar-refractivity contribution in [2.75, 3.05) is 12.5 Å². The fourth-order valence-electron chi connectivity index (χ4n) is 2.19. The average molecular weight is 279 g/mol. The SMILES string of the molecule is Cc1cc(OCC2CCC(C)O2)ccc1C#CCCl. The van der Waals surface area contributed by atoms with Gasteiger partial charge in [0.05, 0.1) is 18.1 Å². The van der Waals surface area contributed by atoms with Crippen LogP contribution >= 0.6 is 11.6 Å². The summed E-state index contributed by atoms with van der Waals surface area (Å²) in [5, 5.41) is 0. The molecule has 1 aliphatic heterocycles. The third kappa shape index (κ3) is 4.16. The summed E-state index contributed by atoms with van der Waals surface area (Å²) in [4.78, 5) is 0. The van der Waals surface area contributed by atoms with Crippen LogP contribution in [0.5, 0.6) is 5.75 Å². The molecule has 1 aromatic carbocycles. The monoisotopic (exact) mass is 278 g/mol. The first-order valence-corrected chi connectivity index (χ1v) is 7.16. The molecular formula is C16H19ClO2. The third-order valence-corrected chi connectivity index (χ3v) is 3.38. The minimum absolute atomic E-state index is 0.228. The molecule has 1 saturated heterocycles. The van der Waals surface area contributed by atoms with E-state index in [9.17, 15) is 0 Å². The minimum Gasteiger partial charge on any atom is -0.491 e. The number of rotatable bonds is 3. The van der Waals surface area contributed by atoms with Crippen LogP contribution in [-0.2, 0) is 4.74 Å². The van der Waals surface area contributed by atoms with E-state index in [0.29, 0.717) is 18.6 Å². The van der Waals surface area contributed by atoms with Crippen LogP contribution in [0.2, 0.25) is 0 Å². The number of benzene rings is 1. The summed E-state index contributed by atoms with van der Waals surface area (Å²) >= 11 is 5.56. The van der Waals surface area contributed by atoms with Crippen LogP contribution in [0.15, 0.2) is 18.2 Å². The van der Waals surface area contributed by atoms with E-state index in [4.69, 9.17) is 21.1 Å². The standard InChI is InChI=1S/C16H19ClO2/c1-12-10-15(8-6-14(12)4-3-9-17)18-11-16-7-5-13(2)19-16/h6,8,10,13,16H,5,7,9,11H2,1-2H3. The lowest BCUT2D eigenvalue weighted by atomic mass is 10.1. The summed E-state index contributed by atoms with van der Waals surface area (Å²) in [6, 6.07) is 5.93. The molecule has 0 aromatic heterocycles. The average Bonchev–Trinajstić information content (AvgIpc) is 2.81. The normalized spacial score (nSPS) is 21.8. The van der Waals surface area contributed by atoms with Crippen LogP contribution in [0, 0.1) is 18.8 Å². The highest BCUT2D eigenvalue weighted by Crippen LogP contribution is 2.21. The van der Waals surface area contributed by atoms with E-state index in [1.54, 1.807) is 0 Å². The first-order chi connectivity index (χ1) is 9.19. The largest absolute Gasteiger partial charge is 0.491 e. The summed E-state index contributed by atoms with van der Waals surface area (Å²) in [5.41, 5.74) is 2.11. The Balaban J connectivity index is 1.92. The molecule has 2 atom stereocenters. The van der Waals surface area contributed by atoms with Gasteiger partial charge in [0.15, 0.2) is 0 Å². The lowest BCUT2D eigenvalue weighted by Gasteiger charge is -2.13. The molecule has 0 spiro atoms. The Labute approximate surface area is 120 Å². The molecule has 0 radical (unpaired) electrons. The van der Waals surface area contributed by atoms with Gasteiger partial charge in [-0.1, -0.05) is 11.8 Å². The van der Waals surface area contributed by atoms with Crippen molar-refractivity contribution < 1.29 is 9.47 Å². The smallest absolute Gasteiger partial charge is 0.119 e. The molecule has 0 bridgehead atoms. The highest BCUT2D eigenvalue weighted by atomic mass is 35.5. The minimum atomic E-state index is 0.228. The second kappa shape index (κ2) is 6.84. The Hall–Kier alpha value is -1.17. The molecule has 1 fully saturated rings. The van der Waals surface area contributed by atoms with Crippen LogP contribution in [0.25, 0.3) is 0 Å². The molecular weight excluding hydrogens is 260 g/mol. The zero-order valence-electron chi connectivity index (χ0n) is 11.4. The van der Waals surface area contributed by atoms with Crippen LogP contribution in [0.3, 0.4) is 0 Å².